The van der Waals surface area contributed by atoms with Gasteiger partial charge in [0.05, 0.1) is 20.5 Å². The summed E-state index contributed by atoms with van der Waals surface area (Å²) in [6.45, 7) is 4.03. The molecule has 0 radical (unpaired) electrons. The predicted molar refractivity (Wildman–Crippen MR) is 92.6 cm³/mol. The second-order valence-corrected chi connectivity index (χ2v) is 7.12. The lowest BCUT2D eigenvalue weighted by Gasteiger charge is -2.13. The molecule has 0 bridgehead atoms. The van der Waals surface area contributed by atoms with Crippen molar-refractivity contribution in [3.05, 3.63) is 25.8 Å². The highest BCUT2D eigenvalue weighted by molar-refractivity contribution is 14.1. The smallest absolute Gasteiger partial charge is 0.164 e. The summed E-state index contributed by atoms with van der Waals surface area (Å²) in [5.74, 6) is 1.24. The van der Waals surface area contributed by atoms with Crippen LogP contribution in [0.2, 0.25) is 5.15 Å². The van der Waals surface area contributed by atoms with Gasteiger partial charge in [0.15, 0.2) is 5.82 Å². The standard InChI is InChI=1S/C15H18ClIN4/c1-8-11(9(2)21(3)20-8)15-18-13(10-6-4-5-7-10)12(17)14(16)19-15/h10H,4-7H2,1-3H3. The van der Waals surface area contributed by atoms with Gasteiger partial charge in [0.1, 0.15) is 5.15 Å². The van der Waals surface area contributed by atoms with E-state index >= 15 is 0 Å². The van der Waals surface area contributed by atoms with E-state index in [1.807, 2.05) is 25.6 Å². The third-order valence-corrected chi connectivity index (χ3v) is 5.97. The van der Waals surface area contributed by atoms with Gasteiger partial charge in [0.2, 0.25) is 0 Å². The van der Waals surface area contributed by atoms with Gasteiger partial charge in [-0.25, -0.2) is 9.97 Å². The van der Waals surface area contributed by atoms with Crippen LogP contribution in [-0.2, 0) is 7.05 Å². The molecule has 3 rings (SSSR count). The molecule has 4 nitrogen and oxygen atoms in total. The van der Waals surface area contributed by atoms with Crippen LogP contribution in [0.1, 0.15) is 48.7 Å². The normalized spacial score (nSPS) is 15.9. The molecule has 0 amide bonds. The van der Waals surface area contributed by atoms with Gasteiger partial charge in [-0.05, 0) is 49.3 Å². The fraction of sp³-hybridized carbons (Fsp3) is 0.533. The molecule has 0 unspecified atom stereocenters. The number of hydrogen-bond acceptors (Lipinski definition) is 3. The average Bonchev–Trinajstić information content (AvgIpc) is 3.03. The van der Waals surface area contributed by atoms with Crippen LogP contribution >= 0.6 is 34.2 Å². The minimum Gasteiger partial charge on any atom is -0.272 e. The first-order chi connectivity index (χ1) is 9.99. The van der Waals surface area contributed by atoms with Crippen LogP contribution in [0.3, 0.4) is 0 Å². The van der Waals surface area contributed by atoms with Crippen LogP contribution in [0.25, 0.3) is 11.4 Å². The first kappa shape index (κ1) is 15.2. The molecule has 0 saturated heterocycles. The van der Waals surface area contributed by atoms with Crippen molar-refractivity contribution >= 4 is 34.2 Å². The van der Waals surface area contributed by atoms with E-state index in [1.54, 1.807) is 0 Å². The van der Waals surface area contributed by atoms with Crippen LogP contribution in [0.5, 0.6) is 0 Å². The molecule has 1 saturated carbocycles. The molecular formula is C15H18ClIN4. The molecule has 0 N–H and O–H groups in total. The Morgan fingerprint density at radius 3 is 2.43 bits per heavy atom. The van der Waals surface area contributed by atoms with Gasteiger partial charge >= 0.3 is 0 Å². The van der Waals surface area contributed by atoms with Crippen LogP contribution in [0, 0.1) is 17.4 Å². The van der Waals surface area contributed by atoms with Crippen LogP contribution in [0.15, 0.2) is 0 Å². The van der Waals surface area contributed by atoms with E-state index < -0.39 is 0 Å². The topological polar surface area (TPSA) is 43.6 Å². The van der Waals surface area contributed by atoms with Gasteiger partial charge in [-0.15, -0.1) is 0 Å². The number of hydrogen-bond donors (Lipinski definition) is 0. The SMILES string of the molecule is Cc1nn(C)c(C)c1-c1nc(Cl)c(I)c(C2CCCC2)n1. The van der Waals surface area contributed by atoms with Crippen molar-refractivity contribution in [3.63, 3.8) is 0 Å². The van der Waals surface area contributed by atoms with Crippen molar-refractivity contribution in [2.45, 2.75) is 45.4 Å². The molecule has 0 spiro atoms. The number of aryl methyl sites for hydroxylation is 2. The Morgan fingerprint density at radius 1 is 1.19 bits per heavy atom. The highest BCUT2D eigenvalue weighted by Crippen LogP contribution is 2.38. The highest BCUT2D eigenvalue weighted by Gasteiger charge is 2.25. The lowest BCUT2D eigenvalue weighted by Crippen LogP contribution is -2.05. The number of nitrogens with zero attached hydrogens (tertiary/aromatic N) is 4. The molecule has 0 aliphatic heterocycles. The Kier molecular flexibility index (Phi) is 4.23. The largest absolute Gasteiger partial charge is 0.272 e. The lowest BCUT2D eigenvalue weighted by atomic mass is 10.0. The van der Waals surface area contributed by atoms with Crippen molar-refractivity contribution in [2.24, 2.45) is 7.05 Å². The second-order valence-electron chi connectivity index (χ2n) is 5.69. The third kappa shape index (κ3) is 2.70. The minimum absolute atomic E-state index is 0.522. The van der Waals surface area contributed by atoms with E-state index in [4.69, 9.17) is 16.6 Å². The van der Waals surface area contributed by atoms with Crippen molar-refractivity contribution in [1.82, 2.24) is 19.7 Å². The Bertz CT molecular complexity index is 689. The number of aromatic nitrogens is 4. The third-order valence-electron chi connectivity index (χ3n) is 4.31. The van der Waals surface area contributed by atoms with Crippen LogP contribution < -0.4 is 0 Å². The molecule has 1 fully saturated rings. The Balaban J connectivity index is 2.15. The first-order valence-corrected chi connectivity index (χ1v) is 8.68. The highest BCUT2D eigenvalue weighted by atomic mass is 127. The molecule has 6 heteroatoms. The van der Waals surface area contributed by atoms with Gasteiger partial charge in [0.25, 0.3) is 0 Å². The summed E-state index contributed by atoms with van der Waals surface area (Å²) in [5.41, 5.74) is 4.15. The van der Waals surface area contributed by atoms with Crippen molar-refractivity contribution in [1.29, 1.82) is 0 Å². The van der Waals surface area contributed by atoms with Gasteiger partial charge in [0, 0.05) is 18.7 Å². The number of rotatable bonds is 2. The molecule has 2 heterocycles. The predicted octanol–water partition coefficient (Wildman–Crippen LogP) is 4.41. The Morgan fingerprint density at radius 2 is 1.86 bits per heavy atom. The summed E-state index contributed by atoms with van der Waals surface area (Å²) >= 11 is 8.65. The van der Waals surface area contributed by atoms with E-state index in [9.17, 15) is 0 Å². The monoisotopic (exact) mass is 416 g/mol. The molecule has 2 aromatic heterocycles. The maximum absolute atomic E-state index is 6.37. The van der Waals surface area contributed by atoms with Gasteiger partial charge in [-0.1, -0.05) is 24.4 Å². The van der Waals surface area contributed by atoms with E-state index in [0.29, 0.717) is 16.9 Å². The molecule has 21 heavy (non-hydrogen) atoms. The van der Waals surface area contributed by atoms with E-state index in [-0.39, 0.29) is 0 Å². The van der Waals surface area contributed by atoms with Crippen LogP contribution in [-0.4, -0.2) is 19.7 Å². The fourth-order valence-electron chi connectivity index (χ4n) is 3.11. The average molecular weight is 417 g/mol. The summed E-state index contributed by atoms with van der Waals surface area (Å²) in [4.78, 5) is 9.37. The molecule has 1 aliphatic rings. The molecule has 1 aliphatic carbocycles. The molecule has 0 aromatic carbocycles. The number of halogens is 2. The zero-order chi connectivity index (χ0) is 15.1. The Labute approximate surface area is 143 Å². The van der Waals surface area contributed by atoms with Crippen LogP contribution in [0.4, 0.5) is 0 Å². The molecule has 2 aromatic rings. The van der Waals surface area contributed by atoms with Gasteiger partial charge in [-0.3, -0.25) is 4.68 Å². The fourth-order valence-corrected chi connectivity index (χ4v) is 3.97. The zero-order valence-electron chi connectivity index (χ0n) is 12.5. The summed E-state index contributed by atoms with van der Waals surface area (Å²) in [7, 11) is 1.94. The lowest BCUT2D eigenvalue weighted by molar-refractivity contribution is 0.690. The summed E-state index contributed by atoms with van der Waals surface area (Å²) in [6, 6.07) is 0. The minimum atomic E-state index is 0.522. The van der Waals surface area contributed by atoms with Crippen molar-refractivity contribution in [2.75, 3.05) is 0 Å². The quantitative estimate of drug-likeness (QED) is 0.538. The van der Waals surface area contributed by atoms with Crippen molar-refractivity contribution < 1.29 is 0 Å². The van der Waals surface area contributed by atoms with E-state index in [1.165, 1.54) is 25.7 Å². The molecular weight excluding hydrogens is 399 g/mol. The van der Waals surface area contributed by atoms with Crippen molar-refractivity contribution in [3.8, 4) is 11.4 Å². The summed E-state index contributed by atoms with van der Waals surface area (Å²) in [5, 5.41) is 5.02. The van der Waals surface area contributed by atoms with Gasteiger partial charge in [-0.2, -0.15) is 5.10 Å². The zero-order valence-corrected chi connectivity index (χ0v) is 15.4. The van der Waals surface area contributed by atoms with Gasteiger partial charge < -0.3 is 0 Å². The Hall–Kier alpha value is -0.690. The molecule has 112 valence electrons. The summed E-state index contributed by atoms with van der Waals surface area (Å²) in [6.07, 6.45) is 4.97. The maximum atomic E-state index is 6.37. The first-order valence-electron chi connectivity index (χ1n) is 7.22. The summed E-state index contributed by atoms with van der Waals surface area (Å²) < 4.78 is 2.87. The van der Waals surface area contributed by atoms with E-state index in [0.717, 1.165) is 26.2 Å². The van der Waals surface area contributed by atoms with E-state index in [2.05, 4.69) is 32.7 Å². The second kappa shape index (κ2) is 5.83. The maximum Gasteiger partial charge on any atom is 0.164 e. The molecule has 0 atom stereocenters.